The molecule has 3 rings (SSSR count). The van der Waals surface area contributed by atoms with E-state index in [1.807, 2.05) is 25.7 Å². The first-order valence-corrected chi connectivity index (χ1v) is 11.2. The predicted molar refractivity (Wildman–Crippen MR) is 119 cm³/mol. The summed E-state index contributed by atoms with van der Waals surface area (Å²) < 4.78 is 2.11. The highest BCUT2D eigenvalue weighted by atomic mass is 32.2. The molecule has 152 valence electrons. The largest absolute Gasteiger partial charge is 0.356 e. The first kappa shape index (κ1) is 20.8. The first-order chi connectivity index (χ1) is 13.5. The van der Waals surface area contributed by atoms with Crippen molar-refractivity contribution in [1.82, 2.24) is 20.0 Å². The lowest BCUT2D eigenvalue weighted by Crippen LogP contribution is -2.42. The Hall–Kier alpha value is -1.95. The summed E-state index contributed by atoms with van der Waals surface area (Å²) in [6, 6.07) is 12.8. The molecule has 2 aromatic rings. The Morgan fingerprint density at radius 3 is 2.79 bits per heavy atom. The molecule has 1 aliphatic heterocycles. The average Bonchev–Trinajstić information content (AvgIpc) is 3.28. The Balaban J connectivity index is 1.43. The molecule has 0 radical (unpaired) electrons. The molecule has 2 unspecified atom stereocenters. The third-order valence-electron chi connectivity index (χ3n) is 5.22. The maximum absolute atomic E-state index is 4.58. The second kappa shape index (κ2) is 10.0. The lowest BCUT2D eigenvalue weighted by Gasteiger charge is -2.23. The second-order valence-corrected chi connectivity index (χ2v) is 8.96. The Kier molecular flexibility index (Phi) is 7.43. The number of likely N-dealkylation sites (tertiary alicyclic amines) is 1. The number of aromatic nitrogens is 2. The molecule has 28 heavy (non-hydrogen) atoms. The van der Waals surface area contributed by atoms with E-state index in [1.54, 1.807) is 0 Å². The highest BCUT2D eigenvalue weighted by Crippen LogP contribution is 2.25. The van der Waals surface area contributed by atoms with Gasteiger partial charge in [-0.1, -0.05) is 25.1 Å². The monoisotopic (exact) mass is 399 g/mol. The molecule has 6 heteroatoms. The molecule has 1 fully saturated rings. The van der Waals surface area contributed by atoms with Crippen LogP contribution in [0, 0.1) is 25.7 Å². The topological polar surface area (TPSA) is 45.5 Å². The number of guanidine groups is 1. The van der Waals surface area contributed by atoms with E-state index in [0.717, 1.165) is 43.8 Å². The number of hydrogen-bond donors (Lipinski definition) is 1. The molecular formula is C22H33N5S. The lowest BCUT2D eigenvalue weighted by atomic mass is 10.2. The van der Waals surface area contributed by atoms with Gasteiger partial charge < -0.3 is 10.2 Å². The summed E-state index contributed by atoms with van der Waals surface area (Å²) in [5.41, 5.74) is 2.32. The van der Waals surface area contributed by atoms with Crippen LogP contribution in [-0.2, 0) is 6.54 Å². The van der Waals surface area contributed by atoms with Crippen LogP contribution in [0.25, 0.3) is 0 Å². The minimum Gasteiger partial charge on any atom is -0.356 e. The molecule has 0 bridgehead atoms. The van der Waals surface area contributed by atoms with Gasteiger partial charge >= 0.3 is 0 Å². The van der Waals surface area contributed by atoms with Gasteiger partial charge in [0.1, 0.15) is 0 Å². The van der Waals surface area contributed by atoms with Gasteiger partial charge in [0.15, 0.2) is 5.96 Å². The van der Waals surface area contributed by atoms with Gasteiger partial charge in [-0.05, 0) is 50.3 Å². The summed E-state index contributed by atoms with van der Waals surface area (Å²) in [4.78, 5) is 8.30. The Bertz CT molecular complexity index is 770. The normalized spacial score (nSPS) is 18.5. The van der Waals surface area contributed by atoms with Gasteiger partial charge in [0, 0.05) is 49.6 Å². The molecule has 5 nitrogen and oxygen atoms in total. The molecule has 1 aromatic heterocycles. The fourth-order valence-electron chi connectivity index (χ4n) is 3.71. The van der Waals surface area contributed by atoms with Crippen LogP contribution in [0.3, 0.4) is 0 Å². The van der Waals surface area contributed by atoms with Crippen LogP contribution >= 0.6 is 11.8 Å². The quantitative estimate of drug-likeness (QED) is 0.437. The molecular weight excluding hydrogens is 366 g/mol. The summed E-state index contributed by atoms with van der Waals surface area (Å²) in [5.74, 6) is 3.41. The molecule has 0 spiro atoms. The number of nitrogens with zero attached hydrogens (tertiary/aromatic N) is 4. The summed E-state index contributed by atoms with van der Waals surface area (Å²) in [7, 11) is 1.89. The van der Waals surface area contributed by atoms with Crippen molar-refractivity contribution in [3.05, 3.63) is 47.8 Å². The number of hydrogen-bond acceptors (Lipinski definition) is 3. The zero-order valence-corrected chi connectivity index (χ0v) is 18.4. The lowest BCUT2D eigenvalue weighted by molar-refractivity contribution is 0.418. The number of thioether (sulfide) groups is 1. The SMILES string of the molecule is CN=C(NCC(C)Cn1nc(C)cc1C)N1CCC(CSc2ccccc2)C1. The smallest absolute Gasteiger partial charge is 0.193 e. The van der Waals surface area contributed by atoms with Crippen LogP contribution in [0.1, 0.15) is 24.7 Å². The molecule has 0 aliphatic carbocycles. The van der Waals surface area contributed by atoms with Gasteiger partial charge in [0.2, 0.25) is 0 Å². The predicted octanol–water partition coefficient (Wildman–Crippen LogP) is 3.83. The van der Waals surface area contributed by atoms with Crippen LogP contribution in [0.2, 0.25) is 0 Å². The average molecular weight is 400 g/mol. The van der Waals surface area contributed by atoms with E-state index < -0.39 is 0 Å². The summed E-state index contributed by atoms with van der Waals surface area (Å²) in [5, 5.41) is 8.16. The van der Waals surface area contributed by atoms with Crippen molar-refractivity contribution in [2.24, 2.45) is 16.8 Å². The zero-order valence-electron chi connectivity index (χ0n) is 17.6. The fourth-order valence-corrected chi connectivity index (χ4v) is 4.76. The molecule has 1 N–H and O–H groups in total. The minimum absolute atomic E-state index is 0.488. The van der Waals surface area contributed by atoms with E-state index in [4.69, 9.17) is 0 Å². The van der Waals surface area contributed by atoms with E-state index in [1.165, 1.54) is 22.8 Å². The van der Waals surface area contributed by atoms with Crippen molar-refractivity contribution in [2.75, 3.05) is 32.4 Å². The van der Waals surface area contributed by atoms with Gasteiger partial charge in [-0.3, -0.25) is 9.67 Å². The maximum atomic E-state index is 4.58. The van der Waals surface area contributed by atoms with Gasteiger partial charge in [-0.25, -0.2) is 0 Å². The molecule has 1 saturated heterocycles. The molecule has 2 heterocycles. The maximum Gasteiger partial charge on any atom is 0.193 e. The molecule has 2 atom stereocenters. The molecule has 0 saturated carbocycles. The van der Waals surface area contributed by atoms with Crippen molar-refractivity contribution in [3.63, 3.8) is 0 Å². The zero-order chi connectivity index (χ0) is 19.9. The van der Waals surface area contributed by atoms with Gasteiger partial charge in [-0.15, -0.1) is 11.8 Å². The van der Waals surface area contributed by atoms with Crippen LogP contribution < -0.4 is 5.32 Å². The van der Waals surface area contributed by atoms with E-state index in [-0.39, 0.29) is 0 Å². The summed E-state index contributed by atoms with van der Waals surface area (Å²) >= 11 is 1.97. The highest BCUT2D eigenvalue weighted by molar-refractivity contribution is 7.99. The van der Waals surface area contributed by atoms with E-state index in [0.29, 0.717) is 5.92 Å². The van der Waals surface area contributed by atoms with Crippen molar-refractivity contribution >= 4 is 17.7 Å². The van der Waals surface area contributed by atoms with Crippen LogP contribution in [0.4, 0.5) is 0 Å². The Morgan fingerprint density at radius 1 is 1.32 bits per heavy atom. The first-order valence-electron chi connectivity index (χ1n) is 10.2. The Labute approximate surface area is 173 Å². The van der Waals surface area contributed by atoms with Gasteiger partial charge in [-0.2, -0.15) is 5.10 Å². The number of aliphatic imine (C=N–C) groups is 1. The molecule has 0 amide bonds. The summed E-state index contributed by atoms with van der Waals surface area (Å²) in [6.45, 7) is 10.5. The number of rotatable bonds is 7. The van der Waals surface area contributed by atoms with E-state index in [2.05, 4.69) is 75.2 Å². The van der Waals surface area contributed by atoms with Crippen molar-refractivity contribution < 1.29 is 0 Å². The van der Waals surface area contributed by atoms with E-state index >= 15 is 0 Å². The highest BCUT2D eigenvalue weighted by Gasteiger charge is 2.25. The minimum atomic E-state index is 0.488. The van der Waals surface area contributed by atoms with Gasteiger partial charge in [0.25, 0.3) is 0 Å². The number of benzene rings is 1. The second-order valence-electron chi connectivity index (χ2n) is 7.87. The van der Waals surface area contributed by atoms with Gasteiger partial charge in [0.05, 0.1) is 5.69 Å². The number of nitrogens with one attached hydrogen (secondary N) is 1. The standard InChI is InChI=1S/C22H33N5S/c1-17(14-27-19(3)12-18(2)25-27)13-24-22(23-4)26-11-10-20(15-26)16-28-21-8-6-5-7-9-21/h5-9,12,17,20H,10-11,13-16H2,1-4H3,(H,23,24). The molecule has 1 aliphatic rings. The van der Waals surface area contributed by atoms with Crippen molar-refractivity contribution in [2.45, 2.75) is 38.6 Å². The third-order valence-corrected chi connectivity index (χ3v) is 6.47. The summed E-state index contributed by atoms with van der Waals surface area (Å²) in [6.07, 6.45) is 1.24. The third kappa shape index (κ3) is 5.77. The van der Waals surface area contributed by atoms with Crippen LogP contribution in [0.15, 0.2) is 46.3 Å². The Morgan fingerprint density at radius 2 is 2.11 bits per heavy atom. The van der Waals surface area contributed by atoms with Crippen LogP contribution in [0.5, 0.6) is 0 Å². The van der Waals surface area contributed by atoms with E-state index in [9.17, 15) is 0 Å². The fraction of sp³-hybridized carbons (Fsp3) is 0.545. The number of aryl methyl sites for hydroxylation is 2. The molecule has 1 aromatic carbocycles. The van der Waals surface area contributed by atoms with Crippen LogP contribution in [-0.4, -0.2) is 53.1 Å². The van der Waals surface area contributed by atoms with Crippen molar-refractivity contribution in [1.29, 1.82) is 0 Å². The van der Waals surface area contributed by atoms with Crippen molar-refractivity contribution in [3.8, 4) is 0 Å².